The molecule has 0 unspecified atom stereocenters. The Morgan fingerprint density at radius 2 is 2.00 bits per heavy atom. The molecule has 5 heteroatoms. The lowest BCUT2D eigenvalue weighted by Crippen LogP contribution is -2.05. The SMILES string of the molecule is CCCCOc1ccc(C2=N/C(=C/c3cccc(Cl)c3)C(=O)O2)cc1. The van der Waals surface area contributed by atoms with Gasteiger partial charge in [0.1, 0.15) is 5.75 Å². The van der Waals surface area contributed by atoms with Crippen molar-refractivity contribution in [2.45, 2.75) is 19.8 Å². The van der Waals surface area contributed by atoms with E-state index in [-0.39, 0.29) is 5.70 Å². The molecule has 3 rings (SSSR count). The molecule has 0 radical (unpaired) electrons. The number of esters is 1. The number of halogens is 1. The number of carbonyl (C=O) groups is 1. The maximum absolute atomic E-state index is 12.0. The first kappa shape index (κ1) is 17.2. The van der Waals surface area contributed by atoms with Gasteiger partial charge in [-0.05, 0) is 54.5 Å². The molecule has 1 aliphatic heterocycles. The molecule has 0 saturated heterocycles. The molecule has 128 valence electrons. The number of unbranched alkanes of at least 4 members (excludes halogenated alkanes) is 1. The van der Waals surface area contributed by atoms with Gasteiger partial charge in [0.05, 0.1) is 6.61 Å². The van der Waals surface area contributed by atoms with E-state index in [0.29, 0.717) is 17.5 Å². The van der Waals surface area contributed by atoms with E-state index in [1.807, 2.05) is 36.4 Å². The predicted octanol–water partition coefficient (Wildman–Crippen LogP) is 4.86. The molecule has 4 nitrogen and oxygen atoms in total. The van der Waals surface area contributed by atoms with Gasteiger partial charge < -0.3 is 9.47 Å². The van der Waals surface area contributed by atoms with Gasteiger partial charge in [0.2, 0.25) is 5.90 Å². The van der Waals surface area contributed by atoms with Gasteiger partial charge in [0.15, 0.2) is 5.70 Å². The number of rotatable bonds is 6. The molecule has 25 heavy (non-hydrogen) atoms. The van der Waals surface area contributed by atoms with E-state index in [1.54, 1.807) is 18.2 Å². The van der Waals surface area contributed by atoms with Crippen LogP contribution in [-0.2, 0) is 9.53 Å². The molecular formula is C20H18ClNO3. The molecular weight excluding hydrogens is 338 g/mol. The summed E-state index contributed by atoms with van der Waals surface area (Å²) in [5.74, 6) is 0.605. The van der Waals surface area contributed by atoms with Gasteiger partial charge in [0.25, 0.3) is 0 Å². The zero-order valence-electron chi connectivity index (χ0n) is 13.9. The first-order valence-electron chi connectivity index (χ1n) is 8.17. The Morgan fingerprint density at radius 1 is 1.20 bits per heavy atom. The summed E-state index contributed by atoms with van der Waals surface area (Å²) in [5.41, 5.74) is 1.77. The smallest absolute Gasteiger partial charge is 0.363 e. The largest absolute Gasteiger partial charge is 0.494 e. The molecule has 0 spiro atoms. The topological polar surface area (TPSA) is 47.9 Å². The van der Waals surface area contributed by atoms with Crippen molar-refractivity contribution >= 4 is 29.5 Å². The first-order valence-corrected chi connectivity index (χ1v) is 8.55. The number of ether oxygens (including phenoxy) is 2. The maximum atomic E-state index is 12.0. The summed E-state index contributed by atoms with van der Waals surface area (Å²) < 4.78 is 10.9. The lowest BCUT2D eigenvalue weighted by molar-refractivity contribution is -0.129. The summed E-state index contributed by atoms with van der Waals surface area (Å²) in [7, 11) is 0. The molecule has 0 amide bonds. The van der Waals surface area contributed by atoms with Gasteiger partial charge in [-0.1, -0.05) is 37.1 Å². The monoisotopic (exact) mass is 355 g/mol. The zero-order valence-corrected chi connectivity index (χ0v) is 14.6. The van der Waals surface area contributed by atoms with Crippen molar-refractivity contribution in [3.63, 3.8) is 0 Å². The molecule has 1 heterocycles. The second-order valence-corrected chi connectivity index (χ2v) is 6.05. The van der Waals surface area contributed by atoms with Crippen molar-refractivity contribution in [3.8, 4) is 5.75 Å². The minimum atomic E-state index is -0.474. The van der Waals surface area contributed by atoms with Crippen LogP contribution in [0, 0.1) is 0 Å². The fourth-order valence-corrected chi connectivity index (χ4v) is 2.51. The number of hydrogen-bond donors (Lipinski definition) is 0. The number of aliphatic imine (C=N–C) groups is 1. The molecule has 0 fully saturated rings. The standard InChI is InChI=1S/C20H18ClNO3/c1-2-3-11-24-17-9-7-15(8-10-17)19-22-18(20(23)25-19)13-14-5-4-6-16(21)12-14/h4-10,12-13H,2-3,11H2,1H3/b18-13+. The van der Waals surface area contributed by atoms with E-state index in [2.05, 4.69) is 11.9 Å². The Kier molecular flexibility index (Phi) is 5.51. The Bertz CT molecular complexity index is 825. The number of benzene rings is 2. The van der Waals surface area contributed by atoms with Crippen molar-refractivity contribution in [2.24, 2.45) is 4.99 Å². The molecule has 2 aromatic carbocycles. The highest BCUT2D eigenvalue weighted by Gasteiger charge is 2.24. The van der Waals surface area contributed by atoms with Crippen LogP contribution in [0.1, 0.15) is 30.9 Å². The van der Waals surface area contributed by atoms with Crippen LogP contribution in [0.3, 0.4) is 0 Å². The minimum Gasteiger partial charge on any atom is -0.494 e. The summed E-state index contributed by atoms with van der Waals surface area (Å²) in [5, 5.41) is 0.601. The average Bonchev–Trinajstić information content (AvgIpc) is 2.96. The van der Waals surface area contributed by atoms with Gasteiger partial charge in [-0.25, -0.2) is 9.79 Å². The van der Waals surface area contributed by atoms with E-state index < -0.39 is 5.97 Å². The Hall–Kier alpha value is -2.59. The predicted molar refractivity (Wildman–Crippen MR) is 98.9 cm³/mol. The number of carbonyl (C=O) groups excluding carboxylic acids is 1. The van der Waals surface area contributed by atoms with Crippen LogP contribution in [0.2, 0.25) is 5.02 Å². The minimum absolute atomic E-state index is 0.250. The van der Waals surface area contributed by atoms with Gasteiger partial charge in [-0.3, -0.25) is 0 Å². The van der Waals surface area contributed by atoms with Gasteiger partial charge >= 0.3 is 5.97 Å². The van der Waals surface area contributed by atoms with E-state index in [9.17, 15) is 4.79 Å². The highest BCUT2D eigenvalue weighted by atomic mass is 35.5. The van der Waals surface area contributed by atoms with Crippen LogP contribution in [0.4, 0.5) is 0 Å². The summed E-state index contributed by atoms with van der Waals surface area (Å²) in [6, 6.07) is 14.6. The Labute approximate surface area is 151 Å². The Morgan fingerprint density at radius 3 is 2.72 bits per heavy atom. The second-order valence-electron chi connectivity index (χ2n) is 5.62. The van der Waals surface area contributed by atoms with Crippen molar-refractivity contribution in [2.75, 3.05) is 6.61 Å². The Balaban J connectivity index is 1.76. The molecule has 0 aliphatic carbocycles. The summed E-state index contributed by atoms with van der Waals surface area (Å²) >= 11 is 5.96. The van der Waals surface area contributed by atoms with Crippen molar-refractivity contribution in [3.05, 3.63) is 70.4 Å². The van der Waals surface area contributed by atoms with E-state index in [4.69, 9.17) is 21.1 Å². The van der Waals surface area contributed by atoms with Crippen molar-refractivity contribution in [1.82, 2.24) is 0 Å². The molecule has 0 aromatic heterocycles. The zero-order chi connectivity index (χ0) is 17.6. The van der Waals surface area contributed by atoms with E-state index in [1.165, 1.54) is 0 Å². The average molecular weight is 356 g/mol. The summed E-state index contributed by atoms with van der Waals surface area (Å²) in [6.45, 7) is 2.81. The third-order valence-corrected chi connectivity index (χ3v) is 3.88. The van der Waals surface area contributed by atoms with Gasteiger partial charge in [-0.15, -0.1) is 0 Å². The number of nitrogens with zero attached hydrogens (tertiary/aromatic N) is 1. The summed E-state index contributed by atoms with van der Waals surface area (Å²) in [4.78, 5) is 16.3. The lowest BCUT2D eigenvalue weighted by atomic mass is 10.2. The van der Waals surface area contributed by atoms with Crippen LogP contribution in [-0.4, -0.2) is 18.5 Å². The fraction of sp³-hybridized carbons (Fsp3) is 0.200. The highest BCUT2D eigenvalue weighted by molar-refractivity contribution is 6.30. The lowest BCUT2D eigenvalue weighted by Gasteiger charge is -2.05. The van der Waals surface area contributed by atoms with Crippen LogP contribution in [0.25, 0.3) is 6.08 Å². The second kappa shape index (κ2) is 7.99. The molecule has 2 aromatic rings. The first-order chi connectivity index (χ1) is 12.2. The van der Waals surface area contributed by atoms with E-state index in [0.717, 1.165) is 29.7 Å². The maximum Gasteiger partial charge on any atom is 0.363 e. The quantitative estimate of drug-likeness (QED) is 0.422. The molecule has 1 aliphatic rings. The molecule has 0 saturated carbocycles. The third kappa shape index (κ3) is 4.48. The van der Waals surface area contributed by atoms with Crippen LogP contribution in [0.5, 0.6) is 5.75 Å². The van der Waals surface area contributed by atoms with Crippen LogP contribution in [0.15, 0.2) is 59.2 Å². The van der Waals surface area contributed by atoms with Crippen LogP contribution >= 0.6 is 11.6 Å². The molecule has 0 bridgehead atoms. The van der Waals surface area contributed by atoms with Crippen molar-refractivity contribution in [1.29, 1.82) is 0 Å². The number of cyclic esters (lactones) is 1. The highest BCUT2D eigenvalue weighted by Crippen LogP contribution is 2.22. The van der Waals surface area contributed by atoms with E-state index >= 15 is 0 Å². The molecule has 0 N–H and O–H groups in total. The normalized spacial score (nSPS) is 15.2. The number of hydrogen-bond acceptors (Lipinski definition) is 4. The van der Waals surface area contributed by atoms with Gasteiger partial charge in [0, 0.05) is 10.6 Å². The van der Waals surface area contributed by atoms with Gasteiger partial charge in [-0.2, -0.15) is 0 Å². The third-order valence-electron chi connectivity index (χ3n) is 3.64. The van der Waals surface area contributed by atoms with Crippen molar-refractivity contribution < 1.29 is 14.3 Å². The molecule has 0 atom stereocenters. The van der Waals surface area contributed by atoms with Crippen LogP contribution < -0.4 is 4.74 Å². The summed E-state index contributed by atoms with van der Waals surface area (Å²) in [6.07, 6.45) is 3.76. The fourth-order valence-electron chi connectivity index (χ4n) is 2.31.